The van der Waals surface area contributed by atoms with Crippen molar-refractivity contribution in [3.05, 3.63) is 34.4 Å². The molecule has 0 atom stereocenters. The van der Waals surface area contributed by atoms with E-state index in [0.29, 0.717) is 17.8 Å². The molecule has 1 aromatic carbocycles. The molecule has 96 valence electrons. The molecule has 0 amide bonds. The van der Waals surface area contributed by atoms with Gasteiger partial charge in [0.1, 0.15) is 0 Å². The molecule has 0 saturated heterocycles. The van der Waals surface area contributed by atoms with Crippen LogP contribution in [0.15, 0.2) is 29.4 Å². The number of rotatable bonds is 6. The average molecular weight is 251 g/mol. The fourth-order valence-electron chi connectivity index (χ4n) is 1.16. The van der Waals surface area contributed by atoms with E-state index in [1.165, 1.54) is 24.3 Å². The molecule has 0 aromatic heterocycles. The van der Waals surface area contributed by atoms with E-state index in [2.05, 4.69) is 10.5 Å². The molecule has 0 unspecified atom stereocenters. The SMILES string of the molecule is C/C(CCC(=O)O)=N/Nc1ccc([N+](=O)[O-])cc1. The first-order chi connectivity index (χ1) is 8.49. The number of hydrogen-bond donors (Lipinski definition) is 2. The zero-order valence-electron chi connectivity index (χ0n) is 9.79. The summed E-state index contributed by atoms with van der Waals surface area (Å²) in [6.45, 7) is 1.71. The molecule has 7 heteroatoms. The summed E-state index contributed by atoms with van der Waals surface area (Å²) >= 11 is 0. The molecule has 0 aliphatic heterocycles. The minimum atomic E-state index is -0.875. The van der Waals surface area contributed by atoms with Gasteiger partial charge in [-0.3, -0.25) is 20.3 Å². The molecule has 0 fully saturated rings. The van der Waals surface area contributed by atoms with Crippen molar-refractivity contribution < 1.29 is 14.8 Å². The van der Waals surface area contributed by atoms with E-state index < -0.39 is 10.9 Å². The van der Waals surface area contributed by atoms with E-state index in [1.54, 1.807) is 6.92 Å². The van der Waals surface area contributed by atoms with Crippen molar-refractivity contribution in [3.63, 3.8) is 0 Å². The van der Waals surface area contributed by atoms with E-state index in [1.807, 2.05) is 0 Å². The van der Waals surface area contributed by atoms with Crippen molar-refractivity contribution in [1.82, 2.24) is 0 Å². The van der Waals surface area contributed by atoms with E-state index >= 15 is 0 Å². The Labute approximate surface area is 103 Å². The number of benzene rings is 1. The zero-order valence-corrected chi connectivity index (χ0v) is 9.79. The Morgan fingerprint density at radius 1 is 1.39 bits per heavy atom. The van der Waals surface area contributed by atoms with Crippen LogP contribution in [0.2, 0.25) is 0 Å². The van der Waals surface area contributed by atoms with Crippen LogP contribution in [-0.4, -0.2) is 21.7 Å². The second kappa shape index (κ2) is 6.33. The number of aliphatic carboxylic acids is 1. The summed E-state index contributed by atoms with van der Waals surface area (Å²) in [6, 6.07) is 5.80. The molecule has 7 nitrogen and oxygen atoms in total. The number of carboxylic acids is 1. The van der Waals surface area contributed by atoms with Gasteiger partial charge in [-0.05, 0) is 25.5 Å². The molecule has 0 spiro atoms. The fourth-order valence-corrected chi connectivity index (χ4v) is 1.16. The minimum Gasteiger partial charge on any atom is -0.481 e. The van der Waals surface area contributed by atoms with Crippen LogP contribution in [0, 0.1) is 10.1 Å². The molecule has 0 aliphatic rings. The molecule has 18 heavy (non-hydrogen) atoms. The van der Waals surface area contributed by atoms with Gasteiger partial charge in [0.15, 0.2) is 0 Å². The molecule has 2 N–H and O–H groups in total. The van der Waals surface area contributed by atoms with E-state index in [9.17, 15) is 14.9 Å². The lowest BCUT2D eigenvalue weighted by atomic mass is 10.2. The number of carbonyl (C=O) groups is 1. The highest BCUT2D eigenvalue weighted by molar-refractivity contribution is 5.85. The Morgan fingerprint density at radius 2 is 2.00 bits per heavy atom. The molecular weight excluding hydrogens is 238 g/mol. The van der Waals surface area contributed by atoms with Crippen LogP contribution in [-0.2, 0) is 4.79 Å². The van der Waals surface area contributed by atoms with Crippen LogP contribution in [0.3, 0.4) is 0 Å². The van der Waals surface area contributed by atoms with Crippen LogP contribution < -0.4 is 5.43 Å². The zero-order chi connectivity index (χ0) is 13.5. The van der Waals surface area contributed by atoms with Crippen LogP contribution in [0.4, 0.5) is 11.4 Å². The highest BCUT2D eigenvalue weighted by atomic mass is 16.6. The van der Waals surface area contributed by atoms with E-state index in [-0.39, 0.29) is 12.1 Å². The molecule has 1 rings (SSSR count). The number of hydrogen-bond acceptors (Lipinski definition) is 5. The Hall–Kier alpha value is -2.44. The largest absolute Gasteiger partial charge is 0.481 e. The number of hydrazone groups is 1. The summed E-state index contributed by atoms with van der Waals surface area (Å²) in [5, 5.41) is 22.9. The summed E-state index contributed by atoms with van der Waals surface area (Å²) in [6.07, 6.45) is 0.382. The summed E-state index contributed by atoms with van der Waals surface area (Å²) in [5.74, 6) is -0.875. The van der Waals surface area contributed by atoms with Crippen LogP contribution in [0.25, 0.3) is 0 Å². The molecule has 0 saturated carbocycles. The third-order valence-corrected chi connectivity index (χ3v) is 2.15. The second-order valence-corrected chi connectivity index (χ2v) is 3.66. The molecule has 0 radical (unpaired) electrons. The van der Waals surface area contributed by atoms with Gasteiger partial charge in [-0.15, -0.1) is 0 Å². The van der Waals surface area contributed by atoms with Gasteiger partial charge in [0.25, 0.3) is 5.69 Å². The van der Waals surface area contributed by atoms with Gasteiger partial charge in [0, 0.05) is 17.8 Å². The highest BCUT2D eigenvalue weighted by Gasteiger charge is 2.03. The molecule has 0 bridgehead atoms. The van der Waals surface area contributed by atoms with Crippen molar-refractivity contribution in [2.75, 3.05) is 5.43 Å². The smallest absolute Gasteiger partial charge is 0.303 e. The maximum absolute atomic E-state index is 10.4. The monoisotopic (exact) mass is 251 g/mol. The lowest BCUT2D eigenvalue weighted by Crippen LogP contribution is -2.02. The number of nitro groups is 1. The van der Waals surface area contributed by atoms with Crippen molar-refractivity contribution >= 4 is 23.1 Å². The van der Waals surface area contributed by atoms with Crippen LogP contribution >= 0.6 is 0 Å². The number of nitro benzene ring substituents is 1. The standard InChI is InChI=1S/C11H13N3O4/c1-8(2-7-11(15)16)12-13-9-3-5-10(6-4-9)14(17)18/h3-6,13H,2,7H2,1H3,(H,15,16)/b12-8-. The number of nitrogens with zero attached hydrogens (tertiary/aromatic N) is 2. The van der Waals surface area contributed by atoms with Crippen LogP contribution in [0.1, 0.15) is 19.8 Å². The van der Waals surface area contributed by atoms with Crippen molar-refractivity contribution in [2.45, 2.75) is 19.8 Å². The summed E-state index contributed by atoms with van der Waals surface area (Å²) in [4.78, 5) is 20.3. The normalized spacial score (nSPS) is 11.1. The summed E-state index contributed by atoms with van der Waals surface area (Å²) in [7, 11) is 0. The molecule has 0 aliphatic carbocycles. The van der Waals surface area contributed by atoms with Gasteiger partial charge in [-0.2, -0.15) is 5.10 Å². The molecular formula is C11H13N3O4. The molecule has 1 aromatic rings. The third-order valence-electron chi connectivity index (χ3n) is 2.15. The van der Waals surface area contributed by atoms with Gasteiger partial charge >= 0.3 is 5.97 Å². The Kier molecular flexibility index (Phi) is 4.79. The van der Waals surface area contributed by atoms with E-state index in [0.717, 1.165) is 0 Å². The van der Waals surface area contributed by atoms with Gasteiger partial charge in [-0.1, -0.05) is 0 Å². The number of anilines is 1. The van der Waals surface area contributed by atoms with Crippen molar-refractivity contribution in [2.24, 2.45) is 5.10 Å². The first-order valence-corrected chi connectivity index (χ1v) is 5.24. The van der Waals surface area contributed by atoms with Crippen LogP contribution in [0.5, 0.6) is 0 Å². The van der Waals surface area contributed by atoms with Gasteiger partial charge in [0.2, 0.25) is 0 Å². The minimum absolute atomic E-state index is 0.00660. The number of non-ortho nitro benzene ring substituents is 1. The second-order valence-electron chi connectivity index (χ2n) is 3.66. The third kappa shape index (κ3) is 4.60. The molecule has 0 heterocycles. The predicted octanol–water partition coefficient (Wildman–Crippen LogP) is 2.25. The quantitative estimate of drug-likeness (QED) is 0.458. The number of carboxylic acid groups (broad SMARTS) is 1. The topological polar surface area (TPSA) is 105 Å². The Morgan fingerprint density at radius 3 is 2.50 bits per heavy atom. The lowest BCUT2D eigenvalue weighted by molar-refractivity contribution is -0.384. The Balaban J connectivity index is 2.54. The first-order valence-electron chi connectivity index (χ1n) is 5.24. The average Bonchev–Trinajstić information content (AvgIpc) is 2.34. The van der Waals surface area contributed by atoms with Gasteiger partial charge in [0.05, 0.1) is 17.0 Å². The summed E-state index contributed by atoms with van der Waals surface area (Å²) < 4.78 is 0. The predicted molar refractivity (Wildman–Crippen MR) is 66.7 cm³/mol. The van der Waals surface area contributed by atoms with Gasteiger partial charge < -0.3 is 5.11 Å². The fraction of sp³-hybridized carbons (Fsp3) is 0.273. The van der Waals surface area contributed by atoms with Gasteiger partial charge in [-0.25, -0.2) is 0 Å². The lowest BCUT2D eigenvalue weighted by Gasteiger charge is -2.02. The van der Waals surface area contributed by atoms with Crippen molar-refractivity contribution in [3.8, 4) is 0 Å². The van der Waals surface area contributed by atoms with E-state index in [4.69, 9.17) is 5.11 Å². The maximum Gasteiger partial charge on any atom is 0.303 e. The first kappa shape index (κ1) is 13.6. The Bertz CT molecular complexity index is 468. The maximum atomic E-state index is 10.4. The van der Waals surface area contributed by atoms with Crippen molar-refractivity contribution in [1.29, 1.82) is 0 Å². The summed E-state index contributed by atoms with van der Waals surface area (Å²) in [5.41, 5.74) is 3.97. The highest BCUT2D eigenvalue weighted by Crippen LogP contribution is 2.15. The number of nitrogens with one attached hydrogen (secondary N) is 1.